The minimum atomic E-state index is -0.922. The van der Waals surface area contributed by atoms with E-state index >= 15 is 0 Å². The number of anilines is 1. The minimum Gasteiger partial charge on any atom is -0.478 e. The van der Waals surface area contributed by atoms with Crippen LogP contribution in [-0.4, -0.2) is 29.1 Å². The van der Waals surface area contributed by atoms with Crippen molar-refractivity contribution in [1.29, 1.82) is 0 Å². The molecule has 1 saturated heterocycles. The number of rotatable bonds is 2. The van der Waals surface area contributed by atoms with Crippen LogP contribution >= 0.6 is 15.9 Å². The third kappa shape index (κ3) is 3.08. The van der Waals surface area contributed by atoms with Crippen LogP contribution in [0.4, 0.5) is 5.82 Å². The smallest absolute Gasteiger partial charge is 0.339 e. The first kappa shape index (κ1) is 14.3. The summed E-state index contributed by atoms with van der Waals surface area (Å²) in [5, 5.41) is 9.36. The van der Waals surface area contributed by atoms with Crippen molar-refractivity contribution in [3.05, 3.63) is 21.8 Å². The maximum atomic E-state index is 11.4. The maximum Gasteiger partial charge on any atom is 0.339 e. The van der Waals surface area contributed by atoms with Gasteiger partial charge in [0.25, 0.3) is 0 Å². The molecule has 1 N–H and O–H groups in total. The van der Waals surface area contributed by atoms with Gasteiger partial charge in [-0.1, -0.05) is 13.8 Å². The van der Waals surface area contributed by atoms with E-state index < -0.39 is 5.97 Å². The standard InChI is InChI=1S/C14H19BrN2O2/c1-8-4-9(2)7-17(6-8)13-11(14(18)19)5-12(15)10(3)16-13/h5,8-9H,4,6-7H2,1-3H3,(H,18,19)/t8-,9+. The first-order chi connectivity index (χ1) is 8.88. The summed E-state index contributed by atoms with van der Waals surface area (Å²) in [6.07, 6.45) is 1.19. The van der Waals surface area contributed by atoms with Gasteiger partial charge in [0.15, 0.2) is 0 Å². The van der Waals surface area contributed by atoms with Crippen molar-refractivity contribution in [2.24, 2.45) is 11.8 Å². The summed E-state index contributed by atoms with van der Waals surface area (Å²) in [6.45, 7) is 8.04. The molecule has 0 saturated carbocycles. The predicted octanol–water partition coefficient (Wildman–Crippen LogP) is 3.33. The highest BCUT2D eigenvalue weighted by Gasteiger charge is 2.26. The molecule has 4 nitrogen and oxygen atoms in total. The van der Waals surface area contributed by atoms with Gasteiger partial charge in [-0.15, -0.1) is 0 Å². The normalized spacial score (nSPS) is 23.5. The Morgan fingerprint density at radius 1 is 1.42 bits per heavy atom. The van der Waals surface area contributed by atoms with Crippen LogP contribution < -0.4 is 4.90 Å². The third-order valence-electron chi connectivity index (χ3n) is 3.53. The lowest BCUT2D eigenvalue weighted by molar-refractivity contribution is 0.0696. The Hall–Kier alpha value is -1.10. The molecule has 1 aromatic rings. The second-order valence-electron chi connectivity index (χ2n) is 5.58. The van der Waals surface area contributed by atoms with Crippen molar-refractivity contribution in [2.75, 3.05) is 18.0 Å². The number of piperidine rings is 1. The van der Waals surface area contributed by atoms with Crippen molar-refractivity contribution in [2.45, 2.75) is 27.2 Å². The summed E-state index contributed by atoms with van der Waals surface area (Å²) in [4.78, 5) is 18.0. The number of aryl methyl sites for hydroxylation is 1. The maximum absolute atomic E-state index is 11.4. The number of hydrogen-bond donors (Lipinski definition) is 1. The van der Waals surface area contributed by atoms with Gasteiger partial charge in [0.05, 0.1) is 5.69 Å². The van der Waals surface area contributed by atoms with Gasteiger partial charge in [0.1, 0.15) is 11.4 Å². The summed E-state index contributed by atoms with van der Waals surface area (Å²) < 4.78 is 0.742. The molecule has 1 fully saturated rings. The summed E-state index contributed by atoms with van der Waals surface area (Å²) in [5.41, 5.74) is 1.10. The van der Waals surface area contributed by atoms with Crippen molar-refractivity contribution in [1.82, 2.24) is 4.98 Å². The molecule has 0 bridgehead atoms. The zero-order chi connectivity index (χ0) is 14.2. The summed E-state index contributed by atoms with van der Waals surface area (Å²) in [6, 6.07) is 1.66. The molecule has 2 heterocycles. The minimum absolute atomic E-state index is 0.277. The lowest BCUT2D eigenvalue weighted by Gasteiger charge is -2.36. The summed E-state index contributed by atoms with van der Waals surface area (Å²) in [7, 11) is 0. The van der Waals surface area contributed by atoms with Crippen LogP contribution in [0.1, 0.15) is 36.3 Å². The summed E-state index contributed by atoms with van der Waals surface area (Å²) >= 11 is 3.35. The van der Waals surface area contributed by atoms with Gasteiger partial charge in [-0.2, -0.15) is 0 Å². The largest absolute Gasteiger partial charge is 0.478 e. The Labute approximate surface area is 122 Å². The van der Waals surface area contributed by atoms with Gasteiger partial charge in [-0.25, -0.2) is 9.78 Å². The lowest BCUT2D eigenvalue weighted by atomic mass is 9.91. The third-order valence-corrected chi connectivity index (χ3v) is 4.33. The van der Waals surface area contributed by atoms with Crippen LogP contribution in [0.2, 0.25) is 0 Å². The molecule has 0 amide bonds. The molecule has 0 unspecified atom stereocenters. The lowest BCUT2D eigenvalue weighted by Crippen LogP contribution is -2.40. The molecule has 1 aliphatic heterocycles. The Morgan fingerprint density at radius 3 is 2.53 bits per heavy atom. The SMILES string of the molecule is Cc1nc(N2C[C@H](C)C[C@H](C)C2)c(C(=O)O)cc1Br. The zero-order valence-electron chi connectivity index (χ0n) is 11.5. The van der Waals surface area contributed by atoms with Gasteiger partial charge in [-0.05, 0) is 47.2 Å². The number of aromatic carboxylic acids is 1. The number of nitrogens with zero attached hydrogens (tertiary/aromatic N) is 2. The van der Waals surface area contributed by atoms with E-state index in [-0.39, 0.29) is 5.56 Å². The number of halogens is 1. The van der Waals surface area contributed by atoms with Crippen LogP contribution in [0.15, 0.2) is 10.5 Å². The highest BCUT2D eigenvalue weighted by molar-refractivity contribution is 9.10. The molecule has 104 valence electrons. The highest BCUT2D eigenvalue weighted by atomic mass is 79.9. The molecule has 5 heteroatoms. The van der Waals surface area contributed by atoms with Gasteiger partial charge in [0.2, 0.25) is 0 Å². The van der Waals surface area contributed by atoms with Crippen LogP contribution in [0, 0.1) is 18.8 Å². The van der Waals surface area contributed by atoms with Crippen LogP contribution in [0.25, 0.3) is 0 Å². The number of carboxylic acid groups (broad SMARTS) is 1. The van der Waals surface area contributed by atoms with Gasteiger partial charge < -0.3 is 10.0 Å². The zero-order valence-corrected chi connectivity index (χ0v) is 13.1. The molecular weight excluding hydrogens is 308 g/mol. The quantitative estimate of drug-likeness (QED) is 0.905. The Bertz CT molecular complexity index is 494. The van der Waals surface area contributed by atoms with E-state index in [0.29, 0.717) is 17.7 Å². The van der Waals surface area contributed by atoms with Gasteiger partial charge in [-0.3, -0.25) is 0 Å². The van der Waals surface area contributed by atoms with Crippen molar-refractivity contribution in [3.8, 4) is 0 Å². The summed E-state index contributed by atoms with van der Waals surface area (Å²) in [5.74, 6) is 0.813. The number of pyridine rings is 1. The van der Waals surface area contributed by atoms with Crippen molar-refractivity contribution in [3.63, 3.8) is 0 Å². The van der Waals surface area contributed by atoms with Crippen LogP contribution in [0.5, 0.6) is 0 Å². The monoisotopic (exact) mass is 326 g/mol. The Kier molecular flexibility index (Phi) is 4.13. The number of hydrogen-bond acceptors (Lipinski definition) is 3. The fourth-order valence-electron chi connectivity index (χ4n) is 2.80. The molecular formula is C14H19BrN2O2. The molecule has 0 aliphatic carbocycles. The number of carbonyl (C=O) groups is 1. The second kappa shape index (κ2) is 5.49. The molecule has 2 atom stereocenters. The highest BCUT2D eigenvalue weighted by Crippen LogP contribution is 2.30. The van der Waals surface area contributed by atoms with Crippen molar-refractivity contribution < 1.29 is 9.90 Å². The topological polar surface area (TPSA) is 53.4 Å². The molecule has 19 heavy (non-hydrogen) atoms. The van der Waals surface area contributed by atoms with Crippen molar-refractivity contribution >= 4 is 27.7 Å². The van der Waals surface area contributed by atoms with E-state index in [1.54, 1.807) is 6.07 Å². The van der Waals surface area contributed by atoms with E-state index in [0.717, 1.165) is 23.3 Å². The second-order valence-corrected chi connectivity index (χ2v) is 6.44. The predicted molar refractivity (Wildman–Crippen MR) is 78.8 cm³/mol. The average molecular weight is 327 g/mol. The molecule has 1 aromatic heterocycles. The van der Waals surface area contributed by atoms with Gasteiger partial charge >= 0.3 is 5.97 Å². The molecule has 0 spiro atoms. The van der Waals surface area contributed by atoms with Crippen LogP contribution in [0.3, 0.4) is 0 Å². The molecule has 0 aromatic carbocycles. The number of aromatic nitrogens is 1. The van der Waals surface area contributed by atoms with E-state index in [1.807, 2.05) is 6.92 Å². The van der Waals surface area contributed by atoms with E-state index in [9.17, 15) is 9.90 Å². The first-order valence-electron chi connectivity index (χ1n) is 6.54. The fraction of sp³-hybridized carbons (Fsp3) is 0.571. The fourth-order valence-corrected chi connectivity index (χ4v) is 3.12. The van der Waals surface area contributed by atoms with Gasteiger partial charge in [0, 0.05) is 17.6 Å². The van der Waals surface area contributed by atoms with E-state index in [1.165, 1.54) is 6.42 Å². The average Bonchev–Trinajstić information content (AvgIpc) is 2.30. The van der Waals surface area contributed by atoms with E-state index in [2.05, 4.69) is 39.7 Å². The Balaban J connectivity index is 2.42. The molecule has 1 aliphatic rings. The van der Waals surface area contributed by atoms with Crippen LogP contribution in [-0.2, 0) is 0 Å². The molecule has 0 radical (unpaired) electrons. The Morgan fingerprint density at radius 2 is 2.00 bits per heavy atom. The molecule has 2 rings (SSSR count). The number of carboxylic acids is 1. The first-order valence-corrected chi connectivity index (χ1v) is 7.33. The van der Waals surface area contributed by atoms with E-state index in [4.69, 9.17) is 0 Å².